The summed E-state index contributed by atoms with van der Waals surface area (Å²) >= 11 is 0. The van der Waals surface area contributed by atoms with E-state index in [9.17, 15) is 0 Å². The lowest BCUT2D eigenvalue weighted by molar-refractivity contribution is 0.173. The van der Waals surface area contributed by atoms with E-state index < -0.39 is 0 Å². The fourth-order valence-corrected chi connectivity index (χ4v) is 3.20. The normalized spacial score (nSPS) is 25.8. The summed E-state index contributed by atoms with van der Waals surface area (Å²) in [4.78, 5) is 2.77. The van der Waals surface area contributed by atoms with Crippen LogP contribution in [-0.2, 0) is 0 Å². The van der Waals surface area contributed by atoms with Crippen molar-refractivity contribution in [3.63, 3.8) is 0 Å². The van der Waals surface area contributed by atoms with Gasteiger partial charge in [0, 0.05) is 6.04 Å². The Hall–Kier alpha value is -0.0400. The van der Waals surface area contributed by atoms with E-state index in [0.717, 1.165) is 12.0 Å². The lowest BCUT2D eigenvalue weighted by Gasteiger charge is -2.31. The first kappa shape index (κ1) is 15.0. The molecule has 0 heterocycles. The van der Waals surface area contributed by atoms with E-state index in [2.05, 4.69) is 39.5 Å². The molecule has 0 aromatic carbocycles. The zero-order chi connectivity index (χ0) is 12.9. The maximum atomic E-state index is 2.77. The molecule has 2 unspecified atom stereocenters. The fraction of sp³-hybridized carbons (Fsp3) is 1.00. The van der Waals surface area contributed by atoms with E-state index in [1.807, 2.05) is 0 Å². The van der Waals surface area contributed by atoms with Crippen LogP contribution in [0.5, 0.6) is 0 Å². The predicted molar refractivity (Wildman–Crippen MR) is 77.4 cm³/mol. The van der Waals surface area contributed by atoms with Crippen molar-refractivity contribution in [1.82, 2.24) is 4.90 Å². The quantitative estimate of drug-likeness (QED) is 0.648. The SMILES string of the molecule is CCCCN(CCC)C1CCC(C(C)(C)C)C1. The Morgan fingerprint density at radius 1 is 1.00 bits per heavy atom. The van der Waals surface area contributed by atoms with Crippen molar-refractivity contribution in [2.24, 2.45) is 11.3 Å². The molecule has 1 rings (SSSR count). The molecule has 1 heteroatoms. The Morgan fingerprint density at radius 3 is 2.18 bits per heavy atom. The van der Waals surface area contributed by atoms with Gasteiger partial charge in [-0.2, -0.15) is 0 Å². The summed E-state index contributed by atoms with van der Waals surface area (Å²) in [5.74, 6) is 0.938. The van der Waals surface area contributed by atoms with Crippen LogP contribution in [0.2, 0.25) is 0 Å². The molecule has 0 aromatic rings. The molecule has 1 saturated carbocycles. The van der Waals surface area contributed by atoms with Gasteiger partial charge in [0.15, 0.2) is 0 Å². The standard InChI is InChI=1S/C16H33N/c1-6-8-12-17(11-7-2)15-10-9-14(13-15)16(3,4)5/h14-15H,6-13H2,1-5H3. The van der Waals surface area contributed by atoms with Gasteiger partial charge in [0.05, 0.1) is 0 Å². The lowest BCUT2D eigenvalue weighted by Crippen LogP contribution is -2.35. The van der Waals surface area contributed by atoms with Crippen molar-refractivity contribution >= 4 is 0 Å². The Morgan fingerprint density at radius 2 is 1.71 bits per heavy atom. The smallest absolute Gasteiger partial charge is 0.00981 e. The van der Waals surface area contributed by atoms with Crippen LogP contribution in [0.25, 0.3) is 0 Å². The second-order valence-electron chi connectivity index (χ2n) is 6.92. The summed E-state index contributed by atoms with van der Waals surface area (Å²) < 4.78 is 0. The molecule has 0 amide bonds. The van der Waals surface area contributed by atoms with Gasteiger partial charge >= 0.3 is 0 Å². The first-order chi connectivity index (χ1) is 7.99. The summed E-state index contributed by atoms with van der Waals surface area (Å²) in [5, 5.41) is 0. The molecule has 17 heavy (non-hydrogen) atoms. The van der Waals surface area contributed by atoms with Crippen LogP contribution in [0.3, 0.4) is 0 Å². The molecule has 0 spiro atoms. The Labute approximate surface area is 109 Å². The van der Waals surface area contributed by atoms with Crippen LogP contribution in [0.4, 0.5) is 0 Å². The molecule has 1 nitrogen and oxygen atoms in total. The molecule has 1 fully saturated rings. The molecule has 1 aliphatic rings. The third-order valence-electron chi connectivity index (χ3n) is 4.46. The van der Waals surface area contributed by atoms with E-state index in [-0.39, 0.29) is 0 Å². The number of unbranched alkanes of at least 4 members (excludes halogenated alkanes) is 1. The van der Waals surface area contributed by atoms with Gasteiger partial charge < -0.3 is 4.90 Å². The number of hydrogen-bond donors (Lipinski definition) is 0. The average Bonchev–Trinajstić information content (AvgIpc) is 2.72. The number of hydrogen-bond acceptors (Lipinski definition) is 1. The van der Waals surface area contributed by atoms with E-state index >= 15 is 0 Å². The minimum Gasteiger partial charge on any atom is -0.300 e. The summed E-state index contributed by atoms with van der Waals surface area (Å²) in [6, 6.07) is 0.880. The van der Waals surface area contributed by atoms with Crippen LogP contribution >= 0.6 is 0 Å². The van der Waals surface area contributed by atoms with Gasteiger partial charge in [0.1, 0.15) is 0 Å². The summed E-state index contributed by atoms with van der Waals surface area (Å²) in [5.41, 5.74) is 0.511. The van der Waals surface area contributed by atoms with Crippen molar-refractivity contribution in [2.45, 2.75) is 79.2 Å². The maximum absolute atomic E-state index is 2.77. The van der Waals surface area contributed by atoms with Crippen LogP contribution in [0, 0.1) is 11.3 Å². The largest absolute Gasteiger partial charge is 0.300 e. The van der Waals surface area contributed by atoms with Gasteiger partial charge in [-0.05, 0) is 56.5 Å². The van der Waals surface area contributed by atoms with E-state index in [4.69, 9.17) is 0 Å². The maximum Gasteiger partial charge on any atom is 0.00981 e. The molecular formula is C16H33N. The molecule has 102 valence electrons. The lowest BCUT2D eigenvalue weighted by atomic mass is 9.79. The topological polar surface area (TPSA) is 3.24 Å². The highest BCUT2D eigenvalue weighted by molar-refractivity contribution is 4.88. The van der Waals surface area contributed by atoms with Gasteiger partial charge in [-0.1, -0.05) is 41.0 Å². The molecule has 0 aromatic heterocycles. The molecule has 0 bridgehead atoms. The second-order valence-corrected chi connectivity index (χ2v) is 6.92. The van der Waals surface area contributed by atoms with Crippen molar-refractivity contribution in [2.75, 3.05) is 13.1 Å². The Kier molecular flexibility index (Phi) is 5.99. The minimum absolute atomic E-state index is 0.511. The van der Waals surface area contributed by atoms with E-state index in [0.29, 0.717) is 5.41 Å². The molecule has 2 atom stereocenters. The molecule has 1 aliphatic carbocycles. The average molecular weight is 239 g/mol. The molecule has 0 saturated heterocycles. The van der Waals surface area contributed by atoms with Crippen LogP contribution < -0.4 is 0 Å². The highest BCUT2D eigenvalue weighted by Crippen LogP contribution is 2.40. The summed E-state index contributed by atoms with van der Waals surface area (Å²) in [7, 11) is 0. The zero-order valence-electron chi connectivity index (χ0n) is 12.8. The van der Waals surface area contributed by atoms with Gasteiger partial charge in [0.25, 0.3) is 0 Å². The van der Waals surface area contributed by atoms with Crippen molar-refractivity contribution in [1.29, 1.82) is 0 Å². The molecule has 0 radical (unpaired) electrons. The number of nitrogens with zero attached hydrogens (tertiary/aromatic N) is 1. The minimum atomic E-state index is 0.511. The van der Waals surface area contributed by atoms with Gasteiger partial charge in [-0.25, -0.2) is 0 Å². The Balaban J connectivity index is 2.47. The highest BCUT2D eigenvalue weighted by atomic mass is 15.2. The first-order valence-electron chi connectivity index (χ1n) is 7.73. The summed E-state index contributed by atoms with van der Waals surface area (Å²) in [6.07, 6.45) is 8.33. The third-order valence-corrected chi connectivity index (χ3v) is 4.46. The third kappa shape index (κ3) is 4.62. The zero-order valence-corrected chi connectivity index (χ0v) is 12.8. The highest BCUT2D eigenvalue weighted by Gasteiger charge is 2.34. The van der Waals surface area contributed by atoms with Crippen molar-refractivity contribution in [3.05, 3.63) is 0 Å². The Bertz CT molecular complexity index is 204. The van der Waals surface area contributed by atoms with Crippen LogP contribution in [0.1, 0.15) is 73.1 Å². The molecular weight excluding hydrogens is 206 g/mol. The first-order valence-corrected chi connectivity index (χ1v) is 7.73. The van der Waals surface area contributed by atoms with Crippen molar-refractivity contribution in [3.8, 4) is 0 Å². The van der Waals surface area contributed by atoms with Crippen LogP contribution in [0.15, 0.2) is 0 Å². The summed E-state index contributed by atoms with van der Waals surface area (Å²) in [6.45, 7) is 14.5. The number of rotatable bonds is 6. The van der Waals surface area contributed by atoms with Crippen molar-refractivity contribution < 1.29 is 0 Å². The molecule has 0 N–H and O–H groups in total. The second kappa shape index (κ2) is 6.78. The monoisotopic (exact) mass is 239 g/mol. The fourth-order valence-electron chi connectivity index (χ4n) is 3.20. The van der Waals surface area contributed by atoms with Gasteiger partial charge in [-0.3, -0.25) is 0 Å². The molecule has 0 aliphatic heterocycles. The van der Waals surface area contributed by atoms with E-state index in [1.54, 1.807) is 0 Å². The van der Waals surface area contributed by atoms with Gasteiger partial charge in [0.2, 0.25) is 0 Å². The van der Waals surface area contributed by atoms with Gasteiger partial charge in [-0.15, -0.1) is 0 Å². The van der Waals surface area contributed by atoms with Crippen LogP contribution in [-0.4, -0.2) is 24.0 Å². The van der Waals surface area contributed by atoms with E-state index in [1.165, 1.54) is 51.6 Å². The predicted octanol–water partition coefficient (Wildman–Crippen LogP) is 4.71.